The second-order valence-electron chi connectivity index (χ2n) is 8.04. The first-order chi connectivity index (χ1) is 15.2. The number of aromatic nitrogens is 1. The van der Waals surface area contributed by atoms with E-state index < -0.39 is 10.0 Å². The number of hydrogen-bond donors (Lipinski definition) is 1. The summed E-state index contributed by atoms with van der Waals surface area (Å²) in [5.74, 6) is 0.113. The summed E-state index contributed by atoms with van der Waals surface area (Å²) in [6.45, 7) is 4.93. The lowest BCUT2D eigenvalue weighted by Gasteiger charge is -2.29. The lowest BCUT2D eigenvalue weighted by molar-refractivity contribution is -0.120. The lowest BCUT2D eigenvalue weighted by Crippen LogP contribution is -2.41. The van der Waals surface area contributed by atoms with Gasteiger partial charge in [0.05, 0.1) is 10.0 Å². The maximum atomic E-state index is 12.7. The zero-order chi connectivity index (χ0) is 22.9. The van der Waals surface area contributed by atoms with Crippen molar-refractivity contribution in [2.75, 3.05) is 18.4 Å². The number of amides is 1. The van der Waals surface area contributed by atoms with Crippen LogP contribution in [-0.4, -0.2) is 36.7 Å². The summed E-state index contributed by atoms with van der Waals surface area (Å²) in [4.78, 5) is 17.3. The van der Waals surface area contributed by atoms with Crippen LogP contribution in [0.4, 0.5) is 5.13 Å². The molecule has 0 radical (unpaired) electrons. The molecule has 1 aliphatic rings. The lowest BCUT2D eigenvalue weighted by atomic mass is 9.97. The second kappa shape index (κ2) is 9.61. The number of thiazole rings is 1. The van der Waals surface area contributed by atoms with Gasteiger partial charge in [0.2, 0.25) is 5.91 Å². The van der Waals surface area contributed by atoms with Crippen LogP contribution in [0.25, 0.3) is 11.3 Å². The third kappa shape index (κ3) is 5.07. The zero-order valence-electron chi connectivity index (χ0n) is 17.7. The van der Waals surface area contributed by atoms with Gasteiger partial charge >= 0.3 is 0 Å². The molecule has 2 aromatic heterocycles. The van der Waals surface area contributed by atoms with E-state index in [1.807, 2.05) is 17.5 Å². The molecule has 0 unspecified atom stereocenters. The molecule has 1 aromatic carbocycles. The molecule has 3 aromatic rings. The highest BCUT2D eigenvalue weighted by molar-refractivity contribution is 7.91. The predicted molar refractivity (Wildman–Crippen MR) is 131 cm³/mol. The van der Waals surface area contributed by atoms with Crippen LogP contribution in [0, 0.1) is 5.92 Å². The maximum absolute atomic E-state index is 12.7. The van der Waals surface area contributed by atoms with E-state index in [1.54, 1.807) is 6.07 Å². The average molecular weight is 510 g/mol. The SMILES string of the molecule is CC(C)c1ccc(-c2csc(NC(=O)C3CCN(S(=O)(=O)c4ccc(Cl)s4)CC3)n2)cc1. The standard InChI is InChI=1S/C22H24ClN3O3S3/c1-14(2)15-3-5-16(6-4-15)18-13-30-22(24-18)25-21(27)17-9-11-26(12-10-17)32(28,29)20-8-7-19(23)31-20/h3-8,13-14,17H,9-12H2,1-2H3,(H,24,25,27). The smallest absolute Gasteiger partial charge is 0.252 e. The molecule has 1 amide bonds. The molecule has 3 heterocycles. The molecule has 170 valence electrons. The molecule has 0 spiro atoms. The van der Waals surface area contributed by atoms with E-state index in [0.29, 0.717) is 41.3 Å². The van der Waals surface area contributed by atoms with Gasteiger partial charge in [-0.05, 0) is 36.5 Å². The maximum Gasteiger partial charge on any atom is 0.252 e. The quantitative estimate of drug-likeness (QED) is 0.463. The number of rotatable bonds is 6. The van der Waals surface area contributed by atoms with E-state index in [2.05, 4.69) is 36.3 Å². The van der Waals surface area contributed by atoms with Gasteiger partial charge in [-0.25, -0.2) is 13.4 Å². The van der Waals surface area contributed by atoms with E-state index in [0.717, 1.165) is 22.6 Å². The molecule has 1 N–H and O–H groups in total. The van der Waals surface area contributed by atoms with Gasteiger partial charge in [0, 0.05) is 30.0 Å². The van der Waals surface area contributed by atoms with Crippen LogP contribution >= 0.6 is 34.3 Å². The summed E-state index contributed by atoms with van der Waals surface area (Å²) < 4.78 is 27.6. The molecule has 4 rings (SSSR count). The van der Waals surface area contributed by atoms with Crippen LogP contribution in [0.3, 0.4) is 0 Å². The van der Waals surface area contributed by atoms with E-state index >= 15 is 0 Å². The molecule has 32 heavy (non-hydrogen) atoms. The number of benzene rings is 1. The largest absolute Gasteiger partial charge is 0.302 e. The van der Waals surface area contributed by atoms with Gasteiger partial charge in [-0.15, -0.1) is 22.7 Å². The highest BCUT2D eigenvalue weighted by Crippen LogP contribution is 2.31. The molecule has 10 heteroatoms. The molecule has 1 aliphatic heterocycles. The summed E-state index contributed by atoms with van der Waals surface area (Å²) in [5.41, 5.74) is 3.11. The first kappa shape index (κ1) is 23.4. The third-order valence-electron chi connectivity index (χ3n) is 5.57. The average Bonchev–Trinajstić information content (AvgIpc) is 3.43. The number of nitrogens with zero attached hydrogens (tertiary/aromatic N) is 2. The number of halogens is 1. The molecule has 1 saturated heterocycles. The Morgan fingerprint density at radius 2 is 1.84 bits per heavy atom. The highest BCUT2D eigenvalue weighted by atomic mass is 35.5. The molecule has 0 atom stereocenters. The highest BCUT2D eigenvalue weighted by Gasteiger charge is 2.33. The van der Waals surface area contributed by atoms with Gasteiger partial charge in [-0.1, -0.05) is 49.7 Å². The number of piperidine rings is 1. The summed E-state index contributed by atoms with van der Waals surface area (Å²) in [6.07, 6.45) is 0.943. The van der Waals surface area contributed by atoms with Crippen LogP contribution in [-0.2, 0) is 14.8 Å². The van der Waals surface area contributed by atoms with E-state index in [-0.39, 0.29) is 16.0 Å². The molecule has 0 aliphatic carbocycles. The van der Waals surface area contributed by atoms with Crippen molar-refractivity contribution in [1.82, 2.24) is 9.29 Å². The van der Waals surface area contributed by atoms with Crippen LogP contribution in [0.5, 0.6) is 0 Å². The Balaban J connectivity index is 1.34. The van der Waals surface area contributed by atoms with Crippen molar-refractivity contribution in [3.05, 3.63) is 51.7 Å². The Morgan fingerprint density at radius 3 is 2.44 bits per heavy atom. The summed E-state index contributed by atoms with van der Waals surface area (Å²) in [6, 6.07) is 11.4. The molecular formula is C22H24ClN3O3S3. The van der Waals surface area contributed by atoms with Crippen molar-refractivity contribution in [3.63, 3.8) is 0 Å². The van der Waals surface area contributed by atoms with Crippen LogP contribution in [0.1, 0.15) is 38.2 Å². The van der Waals surface area contributed by atoms with Gasteiger partial charge in [0.1, 0.15) is 4.21 Å². The topological polar surface area (TPSA) is 79.4 Å². The van der Waals surface area contributed by atoms with E-state index in [4.69, 9.17) is 11.6 Å². The van der Waals surface area contributed by atoms with Crippen LogP contribution in [0.15, 0.2) is 46.0 Å². The fraction of sp³-hybridized carbons (Fsp3) is 0.364. The number of carbonyl (C=O) groups is 1. The minimum Gasteiger partial charge on any atom is -0.302 e. The Labute approximate surface area is 201 Å². The van der Waals surface area contributed by atoms with Gasteiger partial charge in [-0.2, -0.15) is 4.31 Å². The van der Waals surface area contributed by atoms with Crippen molar-refractivity contribution in [1.29, 1.82) is 0 Å². The summed E-state index contributed by atoms with van der Waals surface area (Å²) in [5, 5.41) is 5.39. The number of nitrogens with one attached hydrogen (secondary N) is 1. The number of hydrogen-bond acceptors (Lipinski definition) is 6. The fourth-order valence-electron chi connectivity index (χ4n) is 3.63. The van der Waals surface area contributed by atoms with Gasteiger partial charge in [0.25, 0.3) is 10.0 Å². The molecule has 6 nitrogen and oxygen atoms in total. The Bertz CT molecular complexity index is 1190. The van der Waals surface area contributed by atoms with Crippen LogP contribution < -0.4 is 5.32 Å². The number of sulfonamides is 1. The molecule has 1 fully saturated rings. The summed E-state index contributed by atoms with van der Waals surface area (Å²) in [7, 11) is -3.56. The predicted octanol–water partition coefficient (Wildman–Crippen LogP) is 5.69. The van der Waals surface area contributed by atoms with Crippen molar-refractivity contribution >= 4 is 55.3 Å². The Hall–Kier alpha value is -1.78. The van der Waals surface area contributed by atoms with E-state index in [1.165, 1.54) is 27.3 Å². The van der Waals surface area contributed by atoms with Gasteiger partial charge in [0.15, 0.2) is 5.13 Å². The second-order valence-corrected chi connectivity index (χ2v) is 12.8. The Morgan fingerprint density at radius 1 is 1.16 bits per heavy atom. The third-order valence-corrected chi connectivity index (χ3v) is 9.93. The molecule has 0 bridgehead atoms. The van der Waals surface area contributed by atoms with Crippen molar-refractivity contribution < 1.29 is 13.2 Å². The zero-order valence-corrected chi connectivity index (χ0v) is 21.0. The number of thiophene rings is 1. The molecular weight excluding hydrogens is 486 g/mol. The normalized spacial score (nSPS) is 15.9. The summed E-state index contributed by atoms with van der Waals surface area (Å²) >= 11 is 8.33. The minimum atomic E-state index is -3.56. The first-order valence-electron chi connectivity index (χ1n) is 10.4. The number of anilines is 1. The molecule has 0 saturated carbocycles. The monoisotopic (exact) mass is 509 g/mol. The van der Waals surface area contributed by atoms with Gasteiger partial charge < -0.3 is 5.32 Å². The fourth-order valence-corrected chi connectivity index (χ4v) is 7.46. The number of carbonyl (C=O) groups excluding carboxylic acids is 1. The van der Waals surface area contributed by atoms with Crippen molar-refractivity contribution in [3.8, 4) is 11.3 Å². The van der Waals surface area contributed by atoms with Crippen molar-refractivity contribution in [2.45, 2.75) is 36.8 Å². The van der Waals surface area contributed by atoms with E-state index in [9.17, 15) is 13.2 Å². The minimum absolute atomic E-state index is 0.114. The van der Waals surface area contributed by atoms with Crippen molar-refractivity contribution in [2.24, 2.45) is 5.92 Å². The Kier molecular flexibility index (Phi) is 7.02. The first-order valence-corrected chi connectivity index (χ1v) is 13.9. The van der Waals surface area contributed by atoms with Gasteiger partial charge in [-0.3, -0.25) is 4.79 Å². The van der Waals surface area contributed by atoms with Crippen LogP contribution in [0.2, 0.25) is 4.34 Å².